The Kier molecular flexibility index (Phi) is 5.61. The predicted octanol–water partition coefficient (Wildman–Crippen LogP) is 3.61. The van der Waals surface area contributed by atoms with Gasteiger partial charge < -0.3 is 14.8 Å². The number of halogens is 1. The molecule has 0 bridgehead atoms. The zero-order valence-electron chi connectivity index (χ0n) is 16.4. The van der Waals surface area contributed by atoms with Crippen molar-refractivity contribution < 1.29 is 18.8 Å². The summed E-state index contributed by atoms with van der Waals surface area (Å²) in [6.07, 6.45) is 4.45. The number of amides is 2. The molecule has 2 amide bonds. The first kappa shape index (κ1) is 19.8. The summed E-state index contributed by atoms with van der Waals surface area (Å²) in [6, 6.07) is 12.7. The van der Waals surface area contributed by atoms with Crippen molar-refractivity contribution in [3.05, 3.63) is 66.1 Å². The Labute approximate surface area is 173 Å². The highest BCUT2D eigenvalue weighted by molar-refractivity contribution is 6.44. The van der Waals surface area contributed by atoms with Crippen LogP contribution in [0.5, 0.6) is 0 Å². The van der Waals surface area contributed by atoms with Crippen molar-refractivity contribution in [1.29, 1.82) is 0 Å². The zero-order chi connectivity index (χ0) is 21.1. The molecule has 7 heteroatoms. The quantitative estimate of drug-likeness (QED) is 0.519. The van der Waals surface area contributed by atoms with E-state index in [4.69, 9.17) is 0 Å². The molecule has 0 radical (unpaired) electrons. The summed E-state index contributed by atoms with van der Waals surface area (Å²) in [4.78, 5) is 39.7. The number of hydrogen-bond donors (Lipinski definition) is 1. The number of fused-ring (bicyclic) bond motifs is 1. The van der Waals surface area contributed by atoms with Gasteiger partial charge in [0.15, 0.2) is 0 Å². The van der Waals surface area contributed by atoms with E-state index >= 15 is 0 Å². The molecule has 1 N–H and O–H groups in total. The number of carbonyl (C=O) groups is 3. The largest absolute Gasteiger partial charge is 0.337 e. The third kappa shape index (κ3) is 4.10. The Morgan fingerprint density at radius 3 is 2.37 bits per heavy atom. The van der Waals surface area contributed by atoms with E-state index < -0.39 is 11.7 Å². The Morgan fingerprint density at radius 1 is 0.933 bits per heavy atom. The van der Waals surface area contributed by atoms with Crippen molar-refractivity contribution in [2.24, 2.45) is 0 Å². The lowest BCUT2D eigenvalue weighted by molar-refractivity contribution is -0.127. The van der Waals surface area contributed by atoms with Gasteiger partial charge in [0.1, 0.15) is 12.4 Å². The van der Waals surface area contributed by atoms with Gasteiger partial charge in [-0.25, -0.2) is 4.39 Å². The minimum atomic E-state index is -0.550. The summed E-state index contributed by atoms with van der Waals surface area (Å²) in [6.45, 7) is 1.16. The highest BCUT2D eigenvalue weighted by Crippen LogP contribution is 2.23. The molecule has 2 aromatic carbocycles. The molecule has 30 heavy (non-hydrogen) atoms. The molecule has 1 aliphatic rings. The fraction of sp³-hybridized carbons (Fsp3) is 0.261. The standard InChI is InChI=1S/C23H22FN3O3/c24-16-8-10-17(11-9-16)25-21(28)15-27-14-19(18-6-2-3-7-20(18)27)22(29)23(30)26-12-4-1-5-13-26/h2-3,6-11,14H,1,4-5,12-13,15H2,(H,25,28). The van der Waals surface area contributed by atoms with Gasteiger partial charge in [-0.15, -0.1) is 0 Å². The second-order valence-electron chi connectivity index (χ2n) is 7.42. The molecule has 0 unspecified atom stereocenters. The number of nitrogens with zero attached hydrogens (tertiary/aromatic N) is 2. The number of likely N-dealkylation sites (tertiary alicyclic amines) is 1. The summed E-state index contributed by atoms with van der Waals surface area (Å²) >= 11 is 0. The fourth-order valence-electron chi connectivity index (χ4n) is 3.80. The number of carbonyl (C=O) groups excluding carboxylic acids is 3. The van der Waals surface area contributed by atoms with E-state index in [2.05, 4.69) is 5.32 Å². The molecule has 2 heterocycles. The normalized spacial score (nSPS) is 14.0. The predicted molar refractivity (Wildman–Crippen MR) is 112 cm³/mol. The van der Waals surface area contributed by atoms with Crippen LogP contribution in [0.25, 0.3) is 10.9 Å². The van der Waals surface area contributed by atoms with E-state index in [1.54, 1.807) is 27.8 Å². The Morgan fingerprint density at radius 2 is 1.63 bits per heavy atom. The summed E-state index contributed by atoms with van der Waals surface area (Å²) in [5, 5.41) is 3.35. The highest BCUT2D eigenvalue weighted by Gasteiger charge is 2.27. The fourth-order valence-corrected chi connectivity index (χ4v) is 3.80. The molecule has 6 nitrogen and oxygen atoms in total. The monoisotopic (exact) mass is 407 g/mol. The van der Waals surface area contributed by atoms with Crippen LogP contribution < -0.4 is 5.32 Å². The smallest absolute Gasteiger partial charge is 0.295 e. The molecule has 1 aliphatic heterocycles. The maximum Gasteiger partial charge on any atom is 0.295 e. The van der Waals surface area contributed by atoms with E-state index in [-0.39, 0.29) is 18.3 Å². The molecule has 1 aromatic heterocycles. The molecule has 1 fully saturated rings. The molecule has 0 spiro atoms. The molecular formula is C23H22FN3O3. The van der Waals surface area contributed by atoms with Crippen LogP contribution in [0.2, 0.25) is 0 Å². The van der Waals surface area contributed by atoms with Crippen molar-refractivity contribution in [3.8, 4) is 0 Å². The van der Waals surface area contributed by atoms with Crippen LogP contribution in [0, 0.1) is 5.82 Å². The zero-order valence-corrected chi connectivity index (χ0v) is 16.4. The van der Waals surface area contributed by atoms with Gasteiger partial charge in [0.05, 0.1) is 5.56 Å². The summed E-state index contributed by atoms with van der Waals surface area (Å²) in [5.41, 5.74) is 1.48. The number of hydrogen-bond acceptors (Lipinski definition) is 3. The number of piperidine rings is 1. The van der Waals surface area contributed by atoms with Crippen molar-refractivity contribution in [2.45, 2.75) is 25.8 Å². The van der Waals surface area contributed by atoms with Gasteiger partial charge in [-0.05, 0) is 49.6 Å². The minimum Gasteiger partial charge on any atom is -0.337 e. The molecule has 0 aliphatic carbocycles. The number of benzene rings is 2. The van der Waals surface area contributed by atoms with Gasteiger partial charge in [-0.1, -0.05) is 18.2 Å². The first-order chi connectivity index (χ1) is 14.5. The molecule has 1 saturated heterocycles. The number of anilines is 1. The van der Waals surface area contributed by atoms with Crippen molar-refractivity contribution in [3.63, 3.8) is 0 Å². The second-order valence-corrected chi connectivity index (χ2v) is 7.42. The molecular weight excluding hydrogens is 385 g/mol. The van der Waals surface area contributed by atoms with Gasteiger partial charge >= 0.3 is 0 Å². The number of ketones is 1. The lowest BCUT2D eigenvalue weighted by atomic mass is 10.1. The molecule has 0 atom stereocenters. The van der Waals surface area contributed by atoms with Gasteiger partial charge in [-0.2, -0.15) is 0 Å². The third-order valence-corrected chi connectivity index (χ3v) is 5.31. The van der Waals surface area contributed by atoms with Crippen molar-refractivity contribution >= 4 is 34.2 Å². The average Bonchev–Trinajstić information content (AvgIpc) is 3.13. The highest BCUT2D eigenvalue weighted by atomic mass is 19.1. The van der Waals surface area contributed by atoms with E-state index in [0.29, 0.717) is 35.2 Å². The van der Waals surface area contributed by atoms with Crippen LogP contribution in [0.3, 0.4) is 0 Å². The molecule has 0 saturated carbocycles. The van der Waals surface area contributed by atoms with Gasteiger partial charge in [-0.3, -0.25) is 14.4 Å². The Bertz CT molecular complexity index is 1100. The van der Waals surface area contributed by atoms with Crippen LogP contribution >= 0.6 is 0 Å². The number of Topliss-reactive ketones (excluding diaryl/α,β-unsaturated/α-hetero) is 1. The summed E-state index contributed by atoms with van der Waals surface area (Å²) < 4.78 is 14.7. The van der Waals surface area contributed by atoms with E-state index in [1.165, 1.54) is 24.3 Å². The first-order valence-electron chi connectivity index (χ1n) is 10.00. The van der Waals surface area contributed by atoms with E-state index in [9.17, 15) is 18.8 Å². The number of aromatic nitrogens is 1. The maximum atomic E-state index is 13.0. The number of rotatable bonds is 5. The van der Waals surface area contributed by atoms with E-state index in [1.807, 2.05) is 12.1 Å². The van der Waals surface area contributed by atoms with Crippen LogP contribution in [0.1, 0.15) is 29.6 Å². The maximum absolute atomic E-state index is 13.0. The third-order valence-electron chi connectivity index (χ3n) is 5.31. The Hall–Kier alpha value is -3.48. The molecule has 154 valence electrons. The summed E-state index contributed by atoms with van der Waals surface area (Å²) in [7, 11) is 0. The molecule has 3 aromatic rings. The van der Waals surface area contributed by atoms with Gasteiger partial charge in [0.2, 0.25) is 5.91 Å². The summed E-state index contributed by atoms with van der Waals surface area (Å²) in [5.74, 6) is -1.74. The van der Waals surface area contributed by atoms with Crippen molar-refractivity contribution in [1.82, 2.24) is 9.47 Å². The molecule has 4 rings (SSSR count). The number of para-hydroxylation sites is 1. The topological polar surface area (TPSA) is 71.4 Å². The minimum absolute atomic E-state index is 0.0386. The van der Waals surface area contributed by atoms with Crippen LogP contribution in [0.15, 0.2) is 54.7 Å². The van der Waals surface area contributed by atoms with Crippen molar-refractivity contribution in [2.75, 3.05) is 18.4 Å². The van der Waals surface area contributed by atoms with Crippen LogP contribution in [0.4, 0.5) is 10.1 Å². The Balaban J connectivity index is 1.57. The average molecular weight is 407 g/mol. The van der Waals surface area contributed by atoms with E-state index in [0.717, 1.165) is 19.3 Å². The number of nitrogens with one attached hydrogen (secondary N) is 1. The van der Waals surface area contributed by atoms with Crippen LogP contribution in [-0.4, -0.2) is 40.2 Å². The lowest BCUT2D eigenvalue weighted by Gasteiger charge is -2.25. The lowest BCUT2D eigenvalue weighted by Crippen LogP contribution is -2.40. The van der Waals surface area contributed by atoms with Gasteiger partial charge in [0.25, 0.3) is 11.7 Å². The SMILES string of the molecule is O=C(Cn1cc(C(=O)C(=O)N2CCCCC2)c2ccccc21)Nc1ccc(F)cc1. The second kappa shape index (κ2) is 8.49. The van der Waals surface area contributed by atoms with Crippen LogP contribution in [-0.2, 0) is 16.1 Å². The van der Waals surface area contributed by atoms with Gasteiger partial charge in [0, 0.05) is 35.9 Å². The first-order valence-corrected chi connectivity index (χ1v) is 10.00.